The van der Waals surface area contributed by atoms with E-state index in [1.54, 1.807) is 0 Å². The van der Waals surface area contributed by atoms with Crippen LogP contribution in [0.5, 0.6) is 0 Å². The Balaban J connectivity index is 1.90. The van der Waals surface area contributed by atoms with Gasteiger partial charge in [0.1, 0.15) is 0 Å². The van der Waals surface area contributed by atoms with Gasteiger partial charge in [0.2, 0.25) is 11.8 Å². The molecule has 1 aromatic rings. The molecule has 0 heterocycles. The molecule has 0 aromatic heterocycles. The van der Waals surface area contributed by atoms with Gasteiger partial charge >= 0.3 is 0 Å². The SMILES string of the molecule is C/C=C\C1C(C(=O)Nc2ccc(I)cc2)C(C(N)=O)C(C)C12CC2. The number of benzene rings is 1. The van der Waals surface area contributed by atoms with Crippen molar-refractivity contribution in [3.63, 3.8) is 0 Å². The minimum Gasteiger partial charge on any atom is -0.369 e. The van der Waals surface area contributed by atoms with Gasteiger partial charge in [0.05, 0.1) is 11.8 Å². The molecule has 0 radical (unpaired) electrons. The van der Waals surface area contributed by atoms with E-state index in [4.69, 9.17) is 5.73 Å². The van der Waals surface area contributed by atoms with Gasteiger partial charge in [0.25, 0.3) is 0 Å². The molecular formula is C19H23IN2O2. The summed E-state index contributed by atoms with van der Waals surface area (Å²) in [6.45, 7) is 4.05. The molecule has 0 bridgehead atoms. The Morgan fingerprint density at radius 3 is 2.38 bits per heavy atom. The molecule has 4 nitrogen and oxygen atoms in total. The van der Waals surface area contributed by atoms with E-state index in [0.29, 0.717) is 0 Å². The normalized spacial score (nSPS) is 30.6. The number of allylic oxidation sites excluding steroid dienone is 2. The van der Waals surface area contributed by atoms with Gasteiger partial charge in [-0.2, -0.15) is 0 Å². The van der Waals surface area contributed by atoms with Crippen LogP contribution in [0.3, 0.4) is 0 Å². The molecule has 2 aliphatic carbocycles. The third kappa shape index (κ3) is 2.87. The van der Waals surface area contributed by atoms with Gasteiger partial charge in [0.15, 0.2) is 0 Å². The molecule has 1 spiro atoms. The van der Waals surface area contributed by atoms with Crippen molar-refractivity contribution in [2.75, 3.05) is 5.32 Å². The highest BCUT2D eigenvalue weighted by Crippen LogP contribution is 2.68. The average molecular weight is 438 g/mol. The lowest BCUT2D eigenvalue weighted by molar-refractivity contribution is -0.130. The van der Waals surface area contributed by atoms with Crippen LogP contribution in [0.15, 0.2) is 36.4 Å². The molecule has 4 atom stereocenters. The number of carbonyl (C=O) groups is 2. The van der Waals surface area contributed by atoms with Crippen molar-refractivity contribution in [3.05, 3.63) is 40.0 Å². The maximum Gasteiger partial charge on any atom is 0.228 e. The Morgan fingerprint density at radius 1 is 1.25 bits per heavy atom. The van der Waals surface area contributed by atoms with Crippen LogP contribution in [0.4, 0.5) is 5.69 Å². The second-order valence-electron chi connectivity index (χ2n) is 7.02. The van der Waals surface area contributed by atoms with Gasteiger partial charge in [-0.1, -0.05) is 19.1 Å². The number of amides is 2. The largest absolute Gasteiger partial charge is 0.369 e. The highest BCUT2D eigenvalue weighted by atomic mass is 127. The summed E-state index contributed by atoms with van der Waals surface area (Å²) in [6.07, 6.45) is 6.23. The highest BCUT2D eigenvalue weighted by Gasteiger charge is 2.66. The number of nitrogens with one attached hydrogen (secondary N) is 1. The topological polar surface area (TPSA) is 72.2 Å². The molecule has 5 heteroatoms. The molecule has 0 aliphatic heterocycles. The summed E-state index contributed by atoms with van der Waals surface area (Å²) < 4.78 is 1.11. The van der Waals surface area contributed by atoms with Crippen molar-refractivity contribution in [2.24, 2.45) is 34.8 Å². The molecular weight excluding hydrogens is 415 g/mol. The lowest BCUT2D eigenvalue weighted by atomic mass is 9.83. The first-order valence-electron chi connectivity index (χ1n) is 8.39. The molecule has 2 fully saturated rings. The van der Waals surface area contributed by atoms with E-state index in [1.165, 1.54) is 0 Å². The number of halogens is 1. The zero-order chi connectivity index (χ0) is 17.5. The van der Waals surface area contributed by atoms with E-state index in [1.807, 2.05) is 37.3 Å². The molecule has 1 aromatic carbocycles. The van der Waals surface area contributed by atoms with Gasteiger partial charge in [-0.3, -0.25) is 9.59 Å². The monoisotopic (exact) mass is 438 g/mol. The Labute approximate surface area is 156 Å². The fraction of sp³-hybridized carbons (Fsp3) is 0.474. The van der Waals surface area contributed by atoms with Gasteiger partial charge in [-0.15, -0.1) is 0 Å². The van der Waals surface area contributed by atoms with Crippen molar-refractivity contribution in [3.8, 4) is 0 Å². The summed E-state index contributed by atoms with van der Waals surface area (Å²) in [7, 11) is 0. The first kappa shape index (κ1) is 17.5. The zero-order valence-corrected chi connectivity index (χ0v) is 16.1. The van der Waals surface area contributed by atoms with Crippen LogP contribution in [0.2, 0.25) is 0 Å². The Hall–Kier alpha value is -1.37. The number of hydrogen-bond acceptors (Lipinski definition) is 2. The lowest BCUT2D eigenvalue weighted by Gasteiger charge is -2.22. The number of hydrogen-bond donors (Lipinski definition) is 2. The van der Waals surface area contributed by atoms with Crippen molar-refractivity contribution in [2.45, 2.75) is 26.7 Å². The van der Waals surface area contributed by atoms with E-state index in [2.05, 4.69) is 40.9 Å². The maximum absolute atomic E-state index is 13.0. The molecule has 2 aliphatic rings. The molecule has 2 saturated carbocycles. The summed E-state index contributed by atoms with van der Waals surface area (Å²) in [4.78, 5) is 25.1. The van der Waals surface area contributed by atoms with Crippen LogP contribution < -0.4 is 11.1 Å². The standard InChI is InChI=1S/C19H23IN2O2/c1-3-4-14-16(15(17(21)23)11(2)19(14)9-10-19)18(24)22-13-7-5-12(20)6-8-13/h3-8,11,14-16H,9-10H2,1-2H3,(H2,21,23)(H,22,24)/b4-3-. The second kappa shape index (κ2) is 6.50. The number of nitrogens with two attached hydrogens (primary N) is 1. The van der Waals surface area contributed by atoms with E-state index < -0.39 is 11.8 Å². The van der Waals surface area contributed by atoms with Crippen molar-refractivity contribution < 1.29 is 9.59 Å². The van der Waals surface area contributed by atoms with Crippen LogP contribution in [0.25, 0.3) is 0 Å². The van der Waals surface area contributed by atoms with Crippen LogP contribution in [0.1, 0.15) is 26.7 Å². The van der Waals surface area contributed by atoms with E-state index >= 15 is 0 Å². The minimum absolute atomic E-state index is 0.0697. The zero-order valence-electron chi connectivity index (χ0n) is 14.0. The van der Waals surface area contributed by atoms with E-state index in [9.17, 15) is 9.59 Å². The van der Waals surface area contributed by atoms with Crippen molar-refractivity contribution in [1.29, 1.82) is 0 Å². The van der Waals surface area contributed by atoms with Crippen molar-refractivity contribution >= 4 is 40.1 Å². The quantitative estimate of drug-likeness (QED) is 0.558. The fourth-order valence-corrected chi connectivity index (χ4v) is 4.87. The van der Waals surface area contributed by atoms with E-state index in [0.717, 1.165) is 22.1 Å². The predicted octanol–water partition coefficient (Wildman–Crippen LogP) is 3.57. The van der Waals surface area contributed by atoms with Crippen LogP contribution in [-0.4, -0.2) is 11.8 Å². The van der Waals surface area contributed by atoms with Crippen molar-refractivity contribution in [1.82, 2.24) is 0 Å². The first-order valence-corrected chi connectivity index (χ1v) is 9.47. The molecule has 0 saturated heterocycles. The number of rotatable bonds is 4. The minimum atomic E-state index is -0.405. The van der Waals surface area contributed by atoms with E-state index in [-0.39, 0.29) is 29.1 Å². The predicted molar refractivity (Wildman–Crippen MR) is 103 cm³/mol. The maximum atomic E-state index is 13.0. The average Bonchev–Trinajstić information content (AvgIpc) is 3.29. The summed E-state index contributed by atoms with van der Waals surface area (Å²) in [5.74, 6) is -1.03. The van der Waals surface area contributed by atoms with Gasteiger partial charge in [-0.25, -0.2) is 0 Å². The third-order valence-corrected chi connectivity index (χ3v) is 6.57. The lowest BCUT2D eigenvalue weighted by Crippen LogP contribution is -2.38. The summed E-state index contributed by atoms with van der Waals surface area (Å²) in [5.41, 5.74) is 6.52. The molecule has 24 heavy (non-hydrogen) atoms. The van der Waals surface area contributed by atoms with Gasteiger partial charge in [-0.05, 0) is 83.9 Å². The smallest absolute Gasteiger partial charge is 0.228 e. The number of carbonyl (C=O) groups excluding carboxylic acids is 2. The molecule has 3 N–H and O–H groups in total. The van der Waals surface area contributed by atoms with Crippen LogP contribution in [0, 0.1) is 32.7 Å². The molecule has 2 amide bonds. The van der Waals surface area contributed by atoms with Crippen LogP contribution in [-0.2, 0) is 9.59 Å². The summed E-state index contributed by atoms with van der Waals surface area (Å²) in [6, 6.07) is 7.67. The van der Waals surface area contributed by atoms with Gasteiger partial charge < -0.3 is 11.1 Å². The van der Waals surface area contributed by atoms with Crippen LogP contribution >= 0.6 is 22.6 Å². The molecule has 3 rings (SSSR count). The number of anilines is 1. The first-order chi connectivity index (χ1) is 11.4. The Kier molecular flexibility index (Phi) is 4.73. The molecule has 128 valence electrons. The van der Waals surface area contributed by atoms with Gasteiger partial charge in [0, 0.05) is 9.26 Å². The second-order valence-corrected chi connectivity index (χ2v) is 8.27. The third-order valence-electron chi connectivity index (χ3n) is 5.85. The fourth-order valence-electron chi connectivity index (χ4n) is 4.51. The summed E-state index contributed by atoms with van der Waals surface area (Å²) in [5, 5.41) is 2.99. The molecule has 4 unspecified atom stereocenters. The summed E-state index contributed by atoms with van der Waals surface area (Å²) >= 11 is 2.23. The number of primary amides is 1. The Bertz CT molecular complexity index is 679. The Morgan fingerprint density at radius 2 is 1.88 bits per heavy atom. The highest BCUT2D eigenvalue weighted by molar-refractivity contribution is 14.1.